The predicted octanol–water partition coefficient (Wildman–Crippen LogP) is 2.98. The van der Waals surface area contributed by atoms with Gasteiger partial charge in [-0.3, -0.25) is 9.69 Å². The Hall–Kier alpha value is -2.77. The topological polar surface area (TPSA) is 86.3 Å². The lowest BCUT2D eigenvalue weighted by Crippen LogP contribution is -2.44. The van der Waals surface area contributed by atoms with Crippen molar-refractivity contribution in [3.8, 4) is 0 Å². The normalized spacial score (nSPS) is 14.9. The quantitative estimate of drug-likeness (QED) is 0.416. The highest BCUT2D eigenvalue weighted by molar-refractivity contribution is 5.89. The average Bonchev–Trinajstić information content (AvgIpc) is 3.20. The van der Waals surface area contributed by atoms with Crippen LogP contribution in [0.25, 0.3) is 0 Å². The maximum atomic E-state index is 12.0. The molecule has 1 fully saturated rings. The first-order chi connectivity index (χ1) is 14.9. The summed E-state index contributed by atoms with van der Waals surface area (Å²) in [5.74, 6) is 1.21. The summed E-state index contributed by atoms with van der Waals surface area (Å²) in [5, 5.41) is 6.55. The van der Waals surface area contributed by atoms with Gasteiger partial charge in [-0.25, -0.2) is 9.79 Å². The summed E-state index contributed by atoms with van der Waals surface area (Å²) in [6, 6.07) is 7.74. The molecule has 1 heterocycles. The molecule has 31 heavy (non-hydrogen) atoms. The van der Waals surface area contributed by atoms with Gasteiger partial charge in [-0.2, -0.15) is 0 Å². The van der Waals surface area contributed by atoms with Crippen LogP contribution in [-0.4, -0.2) is 63.2 Å². The van der Waals surface area contributed by atoms with E-state index in [0.29, 0.717) is 31.6 Å². The van der Waals surface area contributed by atoms with Crippen LogP contribution in [0.1, 0.15) is 45.1 Å². The van der Waals surface area contributed by atoms with Gasteiger partial charge < -0.3 is 20.3 Å². The van der Waals surface area contributed by atoms with E-state index in [1.54, 1.807) is 23.9 Å². The Balaban J connectivity index is 1.99. The monoisotopic (exact) mass is 431 g/mol. The summed E-state index contributed by atoms with van der Waals surface area (Å²) in [6.45, 7) is 6.91. The number of nitrogens with one attached hydrogen (secondary N) is 2. The van der Waals surface area contributed by atoms with Gasteiger partial charge in [0.2, 0.25) is 5.91 Å². The van der Waals surface area contributed by atoms with Gasteiger partial charge >= 0.3 is 6.09 Å². The zero-order valence-corrected chi connectivity index (χ0v) is 19.3. The van der Waals surface area contributed by atoms with E-state index < -0.39 is 0 Å². The Labute approximate surface area is 186 Å². The number of unbranched alkanes of at least 4 members (excludes halogenated alkanes) is 1. The maximum absolute atomic E-state index is 12.0. The van der Waals surface area contributed by atoms with Crippen LogP contribution in [0, 0.1) is 5.92 Å². The molecule has 1 aliphatic heterocycles. The number of cyclic esters (lactones) is 1. The molecule has 2 amide bonds. The number of anilines is 1. The van der Waals surface area contributed by atoms with Crippen molar-refractivity contribution in [1.82, 2.24) is 15.5 Å². The number of carbonyl (C=O) groups is 2. The number of nitrogens with zero attached hydrogens (tertiary/aromatic N) is 3. The molecule has 0 saturated carbocycles. The minimum atomic E-state index is -0.305. The molecule has 1 aromatic rings. The van der Waals surface area contributed by atoms with Gasteiger partial charge in [-0.05, 0) is 30.0 Å². The van der Waals surface area contributed by atoms with E-state index >= 15 is 0 Å². The first-order valence-corrected chi connectivity index (χ1v) is 11.2. The predicted molar refractivity (Wildman–Crippen MR) is 124 cm³/mol. The summed E-state index contributed by atoms with van der Waals surface area (Å²) in [5.41, 5.74) is 1.85. The summed E-state index contributed by atoms with van der Waals surface area (Å²) < 4.78 is 4.99. The smallest absolute Gasteiger partial charge is 0.414 e. The minimum absolute atomic E-state index is 0.00521. The van der Waals surface area contributed by atoms with Crippen LogP contribution < -0.4 is 15.5 Å². The molecule has 1 atom stereocenters. The zero-order chi connectivity index (χ0) is 22.6. The van der Waals surface area contributed by atoms with Crippen LogP contribution in [0.4, 0.5) is 10.5 Å². The van der Waals surface area contributed by atoms with Crippen LogP contribution in [-0.2, 0) is 16.1 Å². The van der Waals surface area contributed by atoms with Crippen molar-refractivity contribution in [2.75, 3.05) is 45.2 Å². The van der Waals surface area contributed by atoms with E-state index in [9.17, 15) is 9.59 Å². The molecule has 172 valence electrons. The fourth-order valence-electron chi connectivity index (χ4n) is 3.26. The van der Waals surface area contributed by atoms with Gasteiger partial charge in [0.25, 0.3) is 0 Å². The van der Waals surface area contributed by atoms with Crippen molar-refractivity contribution in [1.29, 1.82) is 0 Å². The van der Waals surface area contributed by atoms with E-state index in [0.717, 1.165) is 24.2 Å². The van der Waals surface area contributed by atoms with Crippen LogP contribution in [0.15, 0.2) is 29.3 Å². The number of guanidine groups is 1. The van der Waals surface area contributed by atoms with Crippen molar-refractivity contribution in [2.45, 2.75) is 46.1 Å². The molecule has 0 spiro atoms. The van der Waals surface area contributed by atoms with E-state index in [-0.39, 0.29) is 18.5 Å². The standard InChI is InChI=1S/C23H37N5O3/c1-5-7-8-18(6-2)15-24-22(26-17-21(29)27(3)4)25-16-19-9-11-20(12-10-19)28-13-14-31-23(28)30/h9-12,18H,5-8,13-17H2,1-4H3,(H2,24,25,26). The molecule has 1 aromatic carbocycles. The molecule has 1 saturated heterocycles. The third kappa shape index (κ3) is 8.11. The summed E-state index contributed by atoms with van der Waals surface area (Å²) >= 11 is 0. The van der Waals surface area contributed by atoms with Crippen LogP contribution in [0.5, 0.6) is 0 Å². The van der Waals surface area contributed by atoms with Crippen molar-refractivity contribution in [3.63, 3.8) is 0 Å². The number of benzene rings is 1. The third-order valence-electron chi connectivity index (χ3n) is 5.44. The van der Waals surface area contributed by atoms with Crippen molar-refractivity contribution < 1.29 is 14.3 Å². The number of ether oxygens (including phenoxy) is 1. The number of amides is 2. The van der Waals surface area contributed by atoms with Crippen LogP contribution >= 0.6 is 0 Å². The molecule has 0 aromatic heterocycles. The zero-order valence-electron chi connectivity index (χ0n) is 19.3. The molecular weight excluding hydrogens is 394 g/mol. The second-order valence-corrected chi connectivity index (χ2v) is 8.04. The Morgan fingerprint density at radius 3 is 2.55 bits per heavy atom. The first kappa shape index (κ1) is 24.5. The van der Waals surface area contributed by atoms with Gasteiger partial charge in [0.05, 0.1) is 19.6 Å². The number of carbonyl (C=O) groups excluding carboxylic acids is 2. The van der Waals surface area contributed by atoms with E-state index in [1.807, 2.05) is 24.3 Å². The van der Waals surface area contributed by atoms with Gasteiger partial charge in [0.1, 0.15) is 6.61 Å². The summed E-state index contributed by atoms with van der Waals surface area (Å²) in [7, 11) is 3.48. The minimum Gasteiger partial charge on any atom is -0.447 e. The summed E-state index contributed by atoms with van der Waals surface area (Å²) in [6.07, 6.45) is 4.40. The fourth-order valence-corrected chi connectivity index (χ4v) is 3.26. The molecule has 8 nitrogen and oxygen atoms in total. The number of hydrogen-bond acceptors (Lipinski definition) is 4. The molecule has 2 N–H and O–H groups in total. The number of likely N-dealkylation sites (N-methyl/N-ethyl adjacent to an activating group) is 1. The SMILES string of the molecule is CCCCC(CC)CNC(=NCc1ccc(N2CCOC2=O)cc1)NCC(=O)N(C)C. The second-order valence-electron chi connectivity index (χ2n) is 8.04. The lowest BCUT2D eigenvalue weighted by Gasteiger charge is -2.19. The molecule has 0 bridgehead atoms. The summed E-state index contributed by atoms with van der Waals surface area (Å²) in [4.78, 5) is 31.5. The Bertz CT molecular complexity index is 733. The van der Waals surface area contributed by atoms with Gasteiger partial charge in [-0.15, -0.1) is 0 Å². The van der Waals surface area contributed by atoms with Crippen molar-refractivity contribution in [2.24, 2.45) is 10.9 Å². The Morgan fingerprint density at radius 2 is 1.97 bits per heavy atom. The molecule has 2 rings (SSSR count). The fraction of sp³-hybridized carbons (Fsp3) is 0.609. The molecule has 0 radical (unpaired) electrons. The lowest BCUT2D eigenvalue weighted by molar-refractivity contribution is -0.127. The number of hydrogen-bond donors (Lipinski definition) is 2. The Kier molecular flexibility index (Phi) is 10.1. The molecule has 1 unspecified atom stereocenters. The molecule has 0 aliphatic carbocycles. The van der Waals surface area contributed by atoms with E-state index in [4.69, 9.17) is 4.74 Å². The lowest BCUT2D eigenvalue weighted by atomic mass is 9.99. The first-order valence-electron chi connectivity index (χ1n) is 11.2. The number of aliphatic imine (C=N–C) groups is 1. The van der Waals surface area contributed by atoms with Gasteiger partial charge in [0, 0.05) is 26.3 Å². The molecule has 1 aliphatic rings. The second kappa shape index (κ2) is 12.8. The molecule has 8 heteroatoms. The highest BCUT2D eigenvalue weighted by atomic mass is 16.6. The Morgan fingerprint density at radius 1 is 1.23 bits per heavy atom. The highest BCUT2D eigenvalue weighted by Gasteiger charge is 2.23. The largest absolute Gasteiger partial charge is 0.447 e. The van der Waals surface area contributed by atoms with Crippen molar-refractivity contribution >= 4 is 23.6 Å². The third-order valence-corrected chi connectivity index (χ3v) is 5.44. The van der Waals surface area contributed by atoms with Gasteiger partial charge in [-0.1, -0.05) is 45.2 Å². The highest BCUT2D eigenvalue weighted by Crippen LogP contribution is 2.19. The maximum Gasteiger partial charge on any atom is 0.414 e. The van der Waals surface area contributed by atoms with E-state index in [2.05, 4.69) is 29.5 Å². The van der Waals surface area contributed by atoms with Crippen molar-refractivity contribution in [3.05, 3.63) is 29.8 Å². The number of rotatable bonds is 11. The van der Waals surface area contributed by atoms with E-state index in [1.165, 1.54) is 19.3 Å². The molecular formula is C23H37N5O3. The van der Waals surface area contributed by atoms with Crippen LogP contribution in [0.3, 0.4) is 0 Å². The van der Waals surface area contributed by atoms with Gasteiger partial charge in [0.15, 0.2) is 5.96 Å². The average molecular weight is 432 g/mol. The van der Waals surface area contributed by atoms with Crippen LogP contribution in [0.2, 0.25) is 0 Å².